The maximum atomic E-state index is 11.7. The molecule has 0 bridgehead atoms. The first-order valence-corrected chi connectivity index (χ1v) is 6.73. The lowest BCUT2D eigenvalue weighted by Crippen LogP contribution is -2.30. The van der Waals surface area contributed by atoms with Gasteiger partial charge in [-0.15, -0.1) is 0 Å². The van der Waals surface area contributed by atoms with Gasteiger partial charge in [0.1, 0.15) is 0 Å². The molecule has 2 heteroatoms. The predicted molar refractivity (Wildman–Crippen MR) is 66.2 cm³/mol. The number of carbonyl (C=O) groups excluding carboxylic acids is 1. The molecule has 0 aliphatic heterocycles. The highest BCUT2D eigenvalue weighted by Gasteiger charge is 2.19. The minimum absolute atomic E-state index is 0.383. The molecule has 0 heterocycles. The van der Waals surface area contributed by atoms with E-state index >= 15 is 0 Å². The fraction of sp³-hybridized carbons (Fsp3) is 0.786. The summed E-state index contributed by atoms with van der Waals surface area (Å²) in [4.78, 5) is 14.0. The molecule has 0 N–H and O–H groups in total. The van der Waals surface area contributed by atoms with Crippen molar-refractivity contribution in [2.24, 2.45) is 0 Å². The van der Waals surface area contributed by atoms with Crippen LogP contribution in [0.4, 0.5) is 0 Å². The summed E-state index contributed by atoms with van der Waals surface area (Å²) < 4.78 is 0. The maximum absolute atomic E-state index is 11.7. The second kappa shape index (κ2) is 5.51. The topological polar surface area (TPSA) is 20.3 Å². The third kappa shape index (κ3) is 2.87. The predicted octanol–water partition coefficient (Wildman–Crippen LogP) is 3.28. The zero-order valence-corrected chi connectivity index (χ0v) is 10.4. The Kier molecular flexibility index (Phi) is 4.03. The fourth-order valence-electron chi connectivity index (χ4n) is 2.88. The highest BCUT2D eigenvalue weighted by molar-refractivity contribution is 5.95. The van der Waals surface area contributed by atoms with E-state index in [0.717, 1.165) is 24.8 Å². The zero-order valence-electron chi connectivity index (χ0n) is 10.4. The first-order chi connectivity index (χ1) is 7.77. The number of nitrogens with zero attached hydrogens (tertiary/aromatic N) is 1. The lowest BCUT2D eigenvalue weighted by molar-refractivity contribution is -0.116. The molecule has 0 spiro atoms. The van der Waals surface area contributed by atoms with Gasteiger partial charge in [-0.25, -0.2) is 0 Å². The number of hydrogen-bond acceptors (Lipinski definition) is 2. The van der Waals surface area contributed by atoms with E-state index in [1.807, 2.05) is 0 Å². The molecule has 2 saturated carbocycles. The van der Waals surface area contributed by atoms with Crippen LogP contribution in [0.2, 0.25) is 0 Å². The Labute approximate surface area is 98.7 Å². The Morgan fingerprint density at radius 3 is 2.44 bits per heavy atom. The van der Waals surface area contributed by atoms with E-state index < -0.39 is 0 Å². The van der Waals surface area contributed by atoms with Crippen molar-refractivity contribution in [3.05, 3.63) is 11.8 Å². The van der Waals surface area contributed by atoms with Gasteiger partial charge in [-0.1, -0.05) is 19.3 Å². The van der Waals surface area contributed by atoms with Crippen molar-refractivity contribution in [2.75, 3.05) is 7.05 Å². The number of Topliss-reactive ketones (excluding diaryl/α,β-unsaturated/α-hetero) is 1. The van der Waals surface area contributed by atoms with Gasteiger partial charge in [0, 0.05) is 31.3 Å². The van der Waals surface area contributed by atoms with Crippen LogP contribution in [-0.2, 0) is 4.79 Å². The summed E-state index contributed by atoms with van der Waals surface area (Å²) >= 11 is 0. The SMILES string of the molecule is CN(/C=C1\CCCCC1=O)C1CCCCC1. The number of hydrogen-bond donors (Lipinski definition) is 0. The molecule has 0 saturated heterocycles. The second-order valence-corrected chi connectivity index (χ2v) is 5.24. The van der Waals surface area contributed by atoms with Crippen molar-refractivity contribution in [3.63, 3.8) is 0 Å². The normalized spacial score (nSPS) is 26.1. The van der Waals surface area contributed by atoms with Gasteiger partial charge >= 0.3 is 0 Å². The Bertz CT molecular complexity index is 276. The van der Waals surface area contributed by atoms with Crippen LogP contribution in [0.15, 0.2) is 11.8 Å². The van der Waals surface area contributed by atoms with Crippen molar-refractivity contribution in [2.45, 2.75) is 63.8 Å². The molecule has 0 aromatic rings. The van der Waals surface area contributed by atoms with Gasteiger partial charge in [0.05, 0.1) is 0 Å². The molecule has 90 valence electrons. The number of carbonyl (C=O) groups is 1. The summed E-state index contributed by atoms with van der Waals surface area (Å²) in [7, 11) is 2.14. The molecule has 0 atom stereocenters. The van der Waals surface area contributed by atoms with E-state index in [-0.39, 0.29) is 0 Å². The minimum atomic E-state index is 0.383. The molecule has 2 nitrogen and oxygen atoms in total. The summed E-state index contributed by atoms with van der Waals surface area (Å²) in [6.45, 7) is 0. The quantitative estimate of drug-likeness (QED) is 0.667. The van der Waals surface area contributed by atoms with Gasteiger partial charge in [0.15, 0.2) is 5.78 Å². The molecule has 0 aromatic heterocycles. The number of rotatable bonds is 2. The van der Waals surface area contributed by atoms with Crippen molar-refractivity contribution in [3.8, 4) is 0 Å². The summed E-state index contributed by atoms with van der Waals surface area (Å²) in [5, 5.41) is 0. The molecule has 2 aliphatic rings. The lowest BCUT2D eigenvalue weighted by atomic mass is 9.92. The summed E-state index contributed by atoms with van der Waals surface area (Å²) in [6, 6.07) is 0.677. The number of allylic oxidation sites excluding steroid dienone is 1. The zero-order chi connectivity index (χ0) is 11.4. The largest absolute Gasteiger partial charge is 0.377 e. The minimum Gasteiger partial charge on any atom is -0.377 e. The first kappa shape index (κ1) is 11.7. The van der Waals surface area contributed by atoms with Crippen LogP contribution in [0.25, 0.3) is 0 Å². The van der Waals surface area contributed by atoms with Gasteiger partial charge in [-0.05, 0) is 32.1 Å². The van der Waals surface area contributed by atoms with Crippen LogP contribution in [0, 0.1) is 0 Å². The Balaban J connectivity index is 1.95. The third-order valence-corrected chi connectivity index (χ3v) is 3.97. The average Bonchev–Trinajstić information content (AvgIpc) is 2.33. The molecule has 0 amide bonds. The highest BCUT2D eigenvalue weighted by Crippen LogP contribution is 2.24. The van der Waals surface area contributed by atoms with Crippen LogP contribution < -0.4 is 0 Å². The molecule has 0 unspecified atom stereocenters. The number of ketones is 1. The van der Waals surface area contributed by atoms with Crippen LogP contribution in [0.3, 0.4) is 0 Å². The van der Waals surface area contributed by atoms with Crippen LogP contribution in [0.5, 0.6) is 0 Å². The monoisotopic (exact) mass is 221 g/mol. The van der Waals surface area contributed by atoms with Gasteiger partial charge in [-0.3, -0.25) is 4.79 Å². The standard InChI is InChI=1S/C14H23NO/c1-15(13-8-3-2-4-9-13)11-12-7-5-6-10-14(12)16/h11,13H,2-10H2,1H3/b12-11+. The highest BCUT2D eigenvalue weighted by atomic mass is 16.1. The van der Waals surface area contributed by atoms with Crippen LogP contribution in [0.1, 0.15) is 57.8 Å². The molecular formula is C14H23NO. The molecule has 2 fully saturated rings. The fourth-order valence-corrected chi connectivity index (χ4v) is 2.88. The van der Waals surface area contributed by atoms with E-state index in [4.69, 9.17) is 0 Å². The van der Waals surface area contributed by atoms with Crippen molar-refractivity contribution in [1.82, 2.24) is 4.90 Å². The molecule has 16 heavy (non-hydrogen) atoms. The molecule has 0 radical (unpaired) electrons. The van der Waals surface area contributed by atoms with Gasteiger partial charge < -0.3 is 4.90 Å². The molecule has 2 rings (SSSR count). The van der Waals surface area contributed by atoms with E-state index in [1.165, 1.54) is 38.5 Å². The van der Waals surface area contributed by atoms with E-state index in [1.54, 1.807) is 0 Å². The Morgan fingerprint density at radius 1 is 1.06 bits per heavy atom. The molecular weight excluding hydrogens is 198 g/mol. The summed E-state index contributed by atoms with van der Waals surface area (Å²) in [6.07, 6.45) is 12.9. The smallest absolute Gasteiger partial charge is 0.160 e. The maximum Gasteiger partial charge on any atom is 0.160 e. The van der Waals surface area contributed by atoms with Crippen molar-refractivity contribution in [1.29, 1.82) is 0 Å². The van der Waals surface area contributed by atoms with E-state index in [9.17, 15) is 4.79 Å². The first-order valence-electron chi connectivity index (χ1n) is 6.73. The van der Waals surface area contributed by atoms with E-state index in [2.05, 4.69) is 18.1 Å². The van der Waals surface area contributed by atoms with Crippen molar-refractivity contribution >= 4 is 5.78 Å². The Hall–Kier alpha value is -0.790. The average molecular weight is 221 g/mol. The van der Waals surface area contributed by atoms with Gasteiger partial charge in [0.25, 0.3) is 0 Å². The lowest BCUT2D eigenvalue weighted by Gasteiger charge is -2.31. The molecule has 2 aliphatic carbocycles. The summed E-state index contributed by atoms with van der Waals surface area (Å²) in [5.74, 6) is 0.383. The third-order valence-electron chi connectivity index (χ3n) is 3.97. The van der Waals surface area contributed by atoms with Crippen molar-refractivity contribution < 1.29 is 4.79 Å². The summed E-state index contributed by atoms with van der Waals surface area (Å²) in [5.41, 5.74) is 1.07. The van der Waals surface area contributed by atoms with Crippen LogP contribution in [-0.4, -0.2) is 23.8 Å². The Morgan fingerprint density at radius 2 is 1.75 bits per heavy atom. The van der Waals surface area contributed by atoms with E-state index in [0.29, 0.717) is 11.8 Å². The molecule has 0 aromatic carbocycles. The second-order valence-electron chi connectivity index (χ2n) is 5.24. The van der Waals surface area contributed by atoms with Gasteiger partial charge in [0.2, 0.25) is 0 Å². The van der Waals surface area contributed by atoms with Gasteiger partial charge in [-0.2, -0.15) is 0 Å². The van der Waals surface area contributed by atoms with Crippen LogP contribution >= 0.6 is 0 Å².